The number of aliphatic carboxylic acids is 7. The minimum atomic E-state index is -1.75. The fourth-order valence-corrected chi connectivity index (χ4v) is 13.5. The monoisotopic (exact) mass is 1780 g/mol. The normalized spacial score (nSPS) is 14.6. The number of carbonyl (C=O) groups is 21. The summed E-state index contributed by atoms with van der Waals surface area (Å²) >= 11 is 0. The number of Topliss-reactive ketones (excluding diaryl/α,β-unsaturated/α-hetero) is 2. The van der Waals surface area contributed by atoms with Gasteiger partial charge in [0.15, 0.2) is 11.6 Å². The van der Waals surface area contributed by atoms with Crippen LogP contribution in [0.15, 0.2) is 0 Å². The standard InChI is InChI=1S/C74H120N14O32S2/c1-46(54(89)36-77-52-44-121-122-45-53(74(115)116)78-37-55(52)90)83-62(97)43-120-35-33-117-30-28-75-61(96)42-119-34-32-118-31-29-76-69(110)47(18-23-64(100)101)85-57(92)38-80-71(112)49(20-25-66(104)105)87-59(94)40-82-73(114)51(22-27-68(108)109)88-60(95)41-81-72(113)50(21-26-67(106)107)86-58(93)39-79-70(111)48(19-24-65(102)103)84-56(91)16-14-12-10-8-6-4-2-3-5-7-9-11-13-15-17-63(98)99/h46-53,77-78H,2-45H2,1H3,(H,75,96)(H,76,110)(H,79,111)(H,80,112)(H,81,113)(H,82,114)(H,83,97)(H,84,91)(H,85,92)(H,86,93)(H,87,94)(H,88,95)(H,98,99)(H,100,101)(H,102,103)(H,104,105)(H,106,107)(H,108,109)(H,115,116)/t46-,47-,48-,49-,50-,51-,52-,53-/m0/s1. The molecule has 690 valence electrons. The van der Waals surface area contributed by atoms with Gasteiger partial charge in [-0.3, -0.25) is 111 Å². The van der Waals surface area contributed by atoms with Gasteiger partial charge in [0, 0.05) is 69.5 Å². The summed E-state index contributed by atoms with van der Waals surface area (Å²) in [5, 5.41) is 97.7. The van der Waals surface area contributed by atoms with Crippen LogP contribution in [0.1, 0.15) is 174 Å². The number of carboxylic acid groups (broad SMARTS) is 7. The summed E-state index contributed by atoms with van der Waals surface area (Å²) in [6, 6.07) is -10.5. The van der Waals surface area contributed by atoms with Crippen molar-refractivity contribution in [1.29, 1.82) is 0 Å². The van der Waals surface area contributed by atoms with Crippen LogP contribution in [0.3, 0.4) is 0 Å². The maximum atomic E-state index is 13.4. The highest BCUT2D eigenvalue weighted by molar-refractivity contribution is 8.76. The fourth-order valence-electron chi connectivity index (χ4n) is 11.0. The molecule has 46 nitrogen and oxygen atoms in total. The molecular weight excluding hydrogens is 1660 g/mol. The van der Waals surface area contributed by atoms with E-state index in [1.807, 2.05) is 0 Å². The molecule has 0 aliphatic carbocycles. The Kier molecular flexibility index (Phi) is 60.6. The summed E-state index contributed by atoms with van der Waals surface area (Å²) in [7, 11) is 2.59. The van der Waals surface area contributed by atoms with Crippen molar-refractivity contribution in [2.45, 2.75) is 222 Å². The smallest absolute Gasteiger partial charge is 0.321 e. The number of rotatable bonds is 72. The molecule has 1 aliphatic rings. The van der Waals surface area contributed by atoms with E-state index in [-0.39, 0.29) is 110 Å². The molecule has 12 amide bonds. The maximum absolute atomic E-state index is 13.4. The van der Waals surface area contributed by atoms with Crippen LogP contribution < -0.4 is 74.4 Å². The van der Waals surface area contributed by atoms with Gasteiger partial charge in [-0.05, 0) is 51.9 Å². The van der Waals surface area contributed by atoms with E-state index >= 15 is 0 Å². The van der Waals surface area contributed by atoms with Gasteiger partial charge in [0.2, 0.25) is 70.9 Å². The summed E-state index contributed by atoms with van der Waals surface area (Å²) in [6.07, 6.45) is 7.57. The second-order valence-electron chi connectivity index (χ2n) is 27.9. The average molecular weight is 1780 g/mol. The molecule has 0 saturated carbocycles. The first-order valence-electron chi connectivity index (χ1n) is 40.1. The zero-order valence-corrected chi connectivity index (χ0v) is 70.0. The molecule has 0 spiro atoms. The Balaban J connectivity index is 2.63. The van der Waals surface area contributed by atoms with Gasteiger partial charge >= 0.3 is 41.8 Å². The number of ether oxygens (including phenoxy) is 4. The summed E-state index contributed by atoms with van der Waals surface area (Å²) in [5.74, 6) is -20.3. The SMILES string of the molecule is C[C@H](NC(=O)COCCOCCNC(=O)COCCOCCNC(=O)[C@H](CCC(=O)O)NC(=O)CNC(=O)[C@H](CCC(=O)O)NC(=O)CNC(=O)[C@H](CCC(=O)O)NC(=O)CNC(=O)[C@H](CCC(=O)O)NC(=O)CNC(=O)[C@H](CCC(=O)O)NC(=O)CCCCCCCCCCCCCCCCC(=O)O)C(=O)CN[C@H]1CSSC[C@@H](C(=O)O)NCC1=O. The summed E-state index contributed by atoms with van der Waals surface area (Å²) in [4.78, 5) is 261. The zero-order valence-electron chi connectivity index (χ0n) is 68.4. The molecule has 1 saturated heterocycles. The molecule has 0 aromatic heterocycles. The third kappa shape index (κ3) is 58.6. The molecule has 48 heteroatoms. The number of hydrogen-bond donors (Lipinski definition) is 21. The van der Waals surface area contributed by atoms with Crippen molar-refractivity contribution in [3.63, 3.8) is 0 Å². The first kappa shape index (κ1) is 110. The molecule has 1 rings (SSSR count). The van der Waals surface area contributed by atoms with Crippen molar-refractivity contribution in [1.82, 2.24) is 74.4 Å². The van der Waals surface area contributed by atoms with Crippen LogP contribution in [-0.4, -0.2) is 325 Å². The molecule has 1 heterocycles. The van der Waals surface area contributed by atoms with Crippen molar-refractivity contribution in [2.24, 2.45) is 0 Å². The highest BCUT2D eigenvalue weighted by Gasteiger charge is 2.31. The lowest BCUT2D eigenvalue weighted by Gasteiger charge is -2.21. The molecule has 1 fully saturated rings. The molecule has 0 aromatic rings. The Bertz CT molecular complexity index is 3400. The largest absolute Gasteiger partial charge is 0.481 e. The predicted molar refractivity (Wildman–Crippen MR) is 431 cm³/mol. The molecule has 122 heavy (non-hydrogen) atoms. The van der Waals surface area contributed by atoms with Gasteiger partial charge in [-0.2, -0.15) is 0 Å². The van der Waals surface area contributed by atoms with Gasteiger partial charge in [-0.25, -0.2) is 0 Å². The van der Waals surface area contributed by atoms with E-state index in [2.05, 4.69) is 74.4 Å². The van der Waals surface area contributed by atoms with Gasteiger partial charge in [0.1, 0.15) is 49.5 Å². The Hall–Kier alpha value is -10.3. The predicted octanol–water partition coefficient (Wildman–Crippen LogP) is -4.14. The minimum absolute atomic E-state index is 0.000680. The van der Waals surface area contributed by atoms with E-state index in [9.17, 15) is 131 Å². The van der Waals surface area contributed by atoms with E-state index in [1.54, 1.807) is 0 Å². The van der Waals surface area contributed by atoms with E-state index in [0.29, 0.717) is 18.6 Å². The Morgan fingerprint density at radius 3 is 1.02 bits per heavy atom. The van der Waals surface area contributed by atoms with Gasteiger partial charge < -0.3 is 118 Å². The molecule has 0 bridgehead atoms. The molecule has 8 atom stereocenters. The van der Waals surface area contributed by atoms with Crippen LogP contribution in [0.5, 0.6) is 0 Å². The number of unbranched alkanes of at least 4 members (excludes halogenated alkanes) is 13. The van der Waals surface area contributed by atoms with E-state index in [0.717, 1.165) is 77.0 Å². The third-order valence-corrected chi connectivity index (χ3v) is 20.1. The van der Waals surface area contributed by atoms with Crippen molar-refractivity contribution in [2.75, 3.05) is 117 Å². The van der Waals surface area contributed by atoms with E-state index in [4.69, 9.17) is 24.1 Å². The van der Waals surface area contributed by atoms with Gasteiger partial charge in [-0.1, -0.05) is 98.6 Å². The Morgan fingerprint density at radius 2 is 0.656 bits per heavy atom. The van der Waals surface area contributed by atoms with Crippen LogP contribution in [0.4, 0.5) is 0 Å². The number of nitrogens with one attached hydrogen (secondary N) is 14. The van der Waals surface area contributed by atoms with Gasteiger partial charge in [-0.15, -0.1) is 0 Å². The molecule has 21 N–H and O–H groups in total. The Labute approximate surface area is 711 Å². The van der Waals surface area contributed by atoms with Crippen molar-refractivity contribution in [3.8, 4) is 0 Å². The second kappa shape index (κ2) is 67.3. The van der Waals surface area contributed by atoms with E-state index < -0.39 is 251 Å². The lowest BCUT2D eigenvalue weighted by molar-refractivity contribution is -0.139. The zero-order chi connectivity index (χ0) is 91.0. The molecule has 0 aromatic carbocycles. The Morgan fingerprint density at radius 1 is 0.344 bits per heavy atom. The van der Waals surface area contributed by atoms with Crippen LogP contribution in [0.2, 0.25) is 0 Å². The summed E-state index contributed by atoms with van der Waals surface area (Å²) < 4.78 is 21.3. The summed E-state index contributed by atoms with van der Waals surface area (Å²) in [6.45, 7) is -3.65. The average Bonchev–Trinajstić information content (AvgIpc) is 0.903. The quantitative estimate of drug-likeness (QED) is 0.0203. The molecule has 0 unspecified atom stereocenters. The van der Waals surface area contributed by atoms with Gasteiger partial charge in [0.05, 0.1) is 91.0 Å². The lowest BCUT2D eigenvalue weighted by Crippen LogP contribution is -2.55. The highest BCUT2D eigenvalue weighted by Crippen LogP contribution is 2.24. The first-order chi connectivity index (χ1) is 58.1. The number of carbonyl (C=O) groups excluding carboxylic acids is 14. The van der Waals surface area contributed by atoms with Crippen molar-refractivity contribution in [3.05, 3.63) is 0 Å². The van der Waals surface area contributed by atoms with Crippen LogP contribution in [-0.2, 0) is 120 Å². The molecule has 1 aliphatic heterocycles. The van der Waals surface area contributed by atoms with Crippen molar-refractivity contribution >= 4 is 146 Å². The van der Waals surface area contributed by atoms with Crippen molar-refractivity contribution < 1.29 is 155 Å². The third-order valence-electron chi connectivity index (χ3n) is 17.7. The van der Waals surface area contributed by atoms with Crippen LogP contribution in [0.25, 0.3) is 0 Å². The maximum Gasteiger partial charge on any atom is 0.321 e. The lowest BCUT2D eigenvalue weighted by atomic mass is 10.0. The molecular formula is C74H120N14O32S2. The minimum Gasteiger partial charge on any atom is -0.481 e. The van der Waals surface area contributed by atoms with Crippen LogP contribution in [0, 0.1) is 0 Å². The second-order valence-corrected chi connectivity index (χ2v) is 30.5. The van der Waals surface area contributed by atoms with Gasteiger partial charge in [0.25, 0.3) is 0 Å². The summed E-state index contributed by atoms with van der Waals surface area (Å²) in [5.41, 5.74) is 0. The topological polar surface area (TPSA) is 705 Å². The van der Waals surface area contributed by atoms with Crippen LogP contribution >= 0.6 is 21.6 Å². The molecule has 0 radical (unpaired) electrons. The first-order valence-corrected chi connectivity index (χ1v) is 42.6. The highest BCUT2D eigenvalue weighted by atomic mass is 33.1. The van der Waals surface area contributed by atoms with E-state index in [1.165, 1.54) is 28.5 Å². The number of hydrogen-bond acceptors (Lipinski definition) is 29. The number of ketones is 2. The number of carboxylic acids is 7. The fraction of sp³-hybridized carbons (Fsp3) is 0.716. The number of amides is 12.